The molecule has 0 unspecified atom stereocenters. The molecule has 0 saturated heterocycles. The molecule has 0 aliphatic rings. The molecule has 9 heteroatoms. The van der Waals surface area contributed by atoms with Crippen LogP contribution in [0.5, 0.6) is 5.75 Å². The molecular weight excluding hydrogens is 410 g/mol. The highest BCUT2D eigenvalue weighted by molar-refractivity contribution is 6.36. The lowest BCUT2D eigenvalue weighted by Crippen LogP contribution is -2.09. The van der Waals surface area contributed by atoms with E-state index in [2.05, 4.69) is 10.3 Å². The van der Waals surface area contributed by atoms with E-state index in [0.717, 1.165) is 0 Å². The van der Waals surface area contributed by atoms with Gasteiger partial charge in [0.2, 0.25) is 0 Å². The Kier molecular flexibility index (Phi) is 6.06. The summed E-state index contributed by atoms with van der Waals surface area (Å²) in [6.07, 6.45) is 1.53. The molecule has 0 bridgehead atoms. The Labute approximate surface area is 170 Å². The van der Waals surface area contributed by atoms with E-state index in [1.807, 2.05) is 0 Å². The summed E-state index contributed by atoms with van der Waals surface area (Å²) in [5.74, 6) is -0.944. The molecule has 2 heterocycles. The van der Waals surface area contributed by atoms with Crippen LogP contribution in [0.1, 0.15) is 16.2 Å². The van der Waals surface area contributed by atoms with Crippen molar-refractivity contribution in [3.63, 3.8) is 0 Å². The van der Waals surface area contributed by atoms with E-state index < -0.39 is 11.8 Å². The molecule has 3 rings (SSSR count). The molecule has 28 heavy (non-hydrogen) atoms. The summed E-state index contributed by atoms with van der Waals surface area (Å²) >= 11 is 12.3. The van der Waals surface area contributed by atoms with Crippen LogP contribution in [-0.2, 0) is 11.3 Å². The molecule has 0 radical (unpaired) electrons. The van der Waals surface area contributed by atoms with Crippen molar-refractivity contribution in [2.24, 2.45) is 0 Å². The van der Waals surface area contributed by atoms with Crippen LogP contribution in [-0.4, -0.2) is 25.2 Å². The third-order valence-electron chi connectivity index (χ3n) is 3.90. The second-order valence-corrected chi connectivity index (χ2v) is 6.37. The minimum absolute atomic E-state index is 0.0449. The van der Waals surface area contributed by atoms with Gasteiger partial charge in [-0.1, -0.05) is 23.2 Å². The Morgan fingerprint density at radius 1 is 1.29 bits per heavy atom. The molecule has 3 aromatic rings. The highest BCUT2D eigenvalue weighted by atomic mass is 35.5. The van der Waals surface area contributed by atoms with E-state index >= 15 is 0 Å². The zero-order valence-electron chi connectivity index (χ0n) is 14.9. The molecular formula is C19H15Cl2FN2O4. The summed E-state index contributed by atoms with van der Waals surface area (Å²) in [5.41, 5.74) is 0.442. The Bertz CT molecular complexity index is 1010. The fraction of sp³-hybridized carbons (Fsp3) is 0.158. The topological polar surface area (TPSA) is 73.6 Å². The average molecular weight is 425 g/mol. The van der Waals surface area contributed by atoms with Gasteiger partial charge in [-0.15, -0.1) is 0 Å². The van der Waals surface area contributed by atoms with Crippen LogP contribution < -0.4 is 10.1 Å². The van der Waals surface area contributed by atoms with Crippen molar-refractivity contribution in [3.05, 3.63) is 63.9 Å². The zero-order chi connectivity index (χ0) is 20.3. The lowest BCUT2D eigenvalue weighted by Gasteiger charge is -2.14. The number of methoxy groups -OCH3 is 2. The molecule has 0 fully saturated rings. The molecule has 0 atom stereocenters. The van der Waals surface area contributed by atoms with Crippen molar-refractivity contribution in [1.82, 2.24) is 4.98 Å². The van der Waals surface area contributed by atoms with Crippen LogP contribution in [0.25, 0.3) is 11.3 Å². The van der Waals surface area contributed by atoms with Gasteiger partial charge in [-0.25, -0.2) is 14.2 Å². The minimum atomic E-state index is -0.755. The van der Waals surface area contributed by atoms with Gasteiger partial charge < -0.3 is 19.2 Å². The number of carbonyl (C=O) groups excluding carboxylic acids is 1. The third kappa shape index (κ3) is 3.90. The second-order valence-electron chi connectivity index (χ2n) is 5.58. The number of halogens is 3. The van der Waals surface area contributed by atoms with Gasteiger partial charge in [0.1, 0.15) is 5.76 Å². The van der Waals surface area contributed by atoms with Crippen LogP contribution in [0.2, 0.25) is 10.0 Å². The predicted molar refractivity (Wildman–Crippen MR) is 104 cm³/mol. The number of nitrogens with zero attached hydrogens (tertiary/aromatic N) is 1. The van der Waals surface area contributed by atoms with Crippen molar-refractivity contribution in [3.8, 4) is 17.0 Å². The van der Waals surface area contributed by atoms with Crippen LogP contribution in [0.4, 0.5) is 10.1 Å². The first kappa shape index (κ1) is 20.0. The zero-order valence-corrected chi connectivity index (χ0v) is 16.4. The number of rotatable bonds is 6. The number of anilines is 1. The van der Waals surface area contributed by atoms with Gasteiger partial charge >= 0.3 is 5.97 Å². The maximum Gasteiger partial charge on any atom is 0.358 e. The van der Waals surface area contributed by atoms with Gasteiger partial charge in [0.25, 0.3) is 0 Å². The standard InChI is InChI=1S/C19H15Cl2FN2O4/c1-26-18-12(20)6-5-11(16(18)22)13-8-14(23-9-10-4-3-7-28-10)15(21)17(24-13)19(25)27-2/h3-8H,9H2,1-2H3,(H,23,24). The van der Waals surface area contributed by atoms with Gasteiger partial charge in [0.15, 0.2) is 17.3 Å². The van der Waals surface area contributed by atoms with Crippen LogP contribution >= 0.6 is 23.2 Å². The van der Waals surface area contributed by atoms with E-state index in [9.17, 15) is 9.18 Å². The first-order valence-electron chi connectivity index (χ1n) is 8.03. The number of ether oxygens (including phenoxy) is 2. The van der Waals surface area contributed by atoms with Crippen LogP contribution in [0.3, 0.4) is 0 Å². The normalized spacial score (nSPS) is 10.6. The van der Waals surface area contributed by atoms with Crippen molar-refractivity contribution >= 4 is 34.9 Å². The fourth-order valence-electron chi connectivity index (χ4n) is 2.54. The number of hydrogen-bond acceptors (Lipinski definition) is 6. The number of pyridine rings is 1. The Morgan fingerprint density at radius 3 is 2.71 bits per heavy atom. The SMILES string of the molecule is COC(=O)c1nc(-c2ccc(Cl)c(OC)c2F)cc(NCc2ccco2)c1Cl. The number of nitrogens with one attached hydrogen (secondary N) is 1. The number of hydrogen-bond donors (Lipinski definition) is 1. The first-order valence-corrected chi connectivity index (χ1v) is 8.79. The Balaban J connectivity index is 2.10. The Morgan fingerprint density at radius 2 is 2.07 bits per heavy atom. The summed E-state index contributed by atoms with van der Waals surface area (Å²) in [6.45, 7) is 0.295. The molecule has 0 spiro atoms. The molecule has 1 N–H and O–H groups in total. The molecule has 6 nitrogen and oxygen atoms in total. The van der Waals surface area contributed by atoms with Crippen molar-refractivity contribution < 1.29 is 23.1 Å². The molecule has 0 amide bonds. The number of esters is 1. The third-order valence-corrected chi connectivity index (χ3v) is 4.58. The molecule has 0 aliphatic carbocycles. The predicted octanol–water partition coefficient (Wildman–Crippen LogP) is 5.19. The number of benzene rings is 1. The quantitative estimate of drug-likeness (QED) is 0.548. The lowest BCUT2D eigenvalue weighted by molar-refractivity contribution is 0.0594. The van der Waals surface area contributed by atoms with Gasteiger partial charge in [-0.05, 0) is 30.3 Å². The van der Waals surface area contributed by atoms with E-state index in [1.54, 1.807) is 12.1 Å². The second kappa shape index (κ2) is 8.50. The summed E-state index contributed by atoms with van der Waals surface area (Å²) in [6, 6.07) is 7.94. The van der Waals surface area contributed by atoms with Gasteiger partial charge in [0, 0.05) is 5.56 Å². The van der Waals surface area contributed by atoms with E-state index in [-0.39, 0.29) is 32.7 Å². The molecule has 1 aromatic carbocycles. The van der Waals surface area contributed by atoms with Crippen LogP contribution in [0, 0.1) is 5.82 Å². The summed E-state index contributed by atoms with van der Waals surface area (Å²) in [5, 5.41) is 3.21. The van der Waals surface area contributed by atoms with E-state index in [4.69, 9.17) is 37.1 Å². The number of furan rings is 1. The number of aromatic nitrogens is 1. The average Bonchev–Trinajstić information content (AvgIpc) is 3.21. The molecule has 0 saturated carbocycles. The molecule has 0 aliphatic heterocycles. The lowest BCUT2D eigenvalue weighted by atomic mass is 10.1. The van der Waals surface area contributed by atoms with Crippen LogP contribution in [0.15, 0.2) is 41.0 Å². The molecule has 146 valence electrons. The van der Waals surface area contributed by atoms with Crippen molar-refractivity contribution in [2.75, 3.05) is 19.5 Å². The summed E-state index contributed by atoms with van der Waals surface area (Å²) in [7, 11) is 2.51. The Hall–Kier alpha value is -2.77. The number of carbonyl (C=O) groups is 1. The summed E-state index contributed by atoms with van der Waals surface area (Å²) < 4.78 is 29.9. The van der Waals surface area contributed by atoms with Crippen molar-refractivity contribution in [1.29, 1.82) is 0 Å². The minimum Gasteiger partial charge on any atom is -0.492 e. The van der Waals surface area contributed by atoms with Gasteiger partial charge in [0.05, 0.1) is 48.5 Å². The monoisotopic (exact) mass is 424 g/mol. The van der Waals surface area contributed by atoms with E-state index in [0.29, 0.717) is 18.0 Å². The van der Waals surface area contributed by atoms with Gasteiger partial charge in [-0.2, -0.15) is 0 Å². The largest absolute Gasteiger partial charge is 0.492 e. The smallest absolute Gasteiger partial charge is 0.358 e. The van der Waals surface area contributed by atoms with E-state index in [1.165, 1.54) is 38.7 Å². The summed E-state index contributed by atoms with van der Waals surface area (Å²) in [4.78, 5) is 16.3. The fourth-order valence-corrected chi connectivity index (χ4v) is 3.00. The maximum atomic E-state index is 14.8. The molecule has 2 aromatic heterocycles. The van der Waals surface area contributed by atoms with Crippen molar-refractivity contribution in [2.45, 2.75) is 6.54 Å². The highest BCUT2D eigenvalue weighted by Crippen LogP contribution is 2.37. The van der Waals surface area contributed by atoms with Gasteiger partial charge in [-0.3, -0.25) is 0 Å². The first-order chi connectivity index (χ1) is 13.5. The highest BCUT2D eigenvalue weighted by Gasteiger charge is 2.22. The maximum absolute atomic E-state index is 14.8.